The maximum Gasteiger partial charge on any atom is 0.220 e. The summed E-state index contributed by atoms with van der Waals surface area (Å²) in [4.78, 5) is 12.9. The van der Waals surface area contributed by atoms with Gasteiger partial charge in [0.05, 0.1) is 12.3 Å². The molecule has 0 radical (unpaired) electrons. The summed E-state index contributed by atoms with van der Waals surface area (Å²) in [6.07, 6.45) is 2.74. The Balaban J connectivity index is 1.77. The third kappa shape index (κ3) is 3.46. The number of rotatable bonds is 5. The minimum atomic E-state index is 0.0577. The number of carbonyl (C=O) groups is 1. The van der Waals surface area contributed by atoms with Crippen molar-refractivity contribution < 1.29 is 9.21 Å². The fourth-order valence-corrected chi connectivity index (χ4v) is 2.35. The molecule has 0 saturated heterocycles. The number of carbonyl (C=O) groups excluding carboxylic acids is 1. The Kier molecular flexibility index (Phi) is 3.98. The minimum absolute atomic E-state index is 0.0577. The zero-order valence-corrected chi connectivity index (χ0v) is 10.5. The van der Waals surface area contributed by atoms with Gasteiger partial charge in [-0.15, -0.1) is 11.3 Å². The number of hydrogen-bond acceptors (Lipinski definition) is 3. The third-order valence-electron chi connectivity index (χ3n) is 2.53. The Morgan fingerprint density at radius 3 is 3.00 bits per heavy atom. The lowest BCUT2D eigenvalue weighted by Gasteiger charge is -2.11. The van der Waals surface area contributed by atoms with Crippen LogP contribution in [-0.4, -0.2) is 5.91 Å². The Morgan fingerprint density at radius 1 is 1.47 bits per heavy atom. The maximum absolute atomic E-state index is 11.7. The molecule has 1 atom stereocenters. The van der Waals surface area contributed by atoms with E-state index < -0.39 is 0 Å². The van der Waals surface area contributed by atoms with Crippen molar-refractivity contribution in [2.24, 2.45) is 0 Å². The first-order valence-corrected chi connectivity index (χ1v) is 6.49. The van der Waals surface area contributed by atoms with Gasteiger partial charge in [-0.05, 0) is 30.5 Å². The number of thiophene rings is 1. The average molecular weight is 249 g/mol. The second-order valence-corrected chi connectivity index (χ2v) is 4.86. The molecule has 0 aromatic carbocycles. The maximum atomic E-state index is 11.7. The SMILES string of the molecule is C[C@@H](NC(=O)CCc1ccco1)c1cccs1. The van der Waals surface area contributed by atoms with Crippen LogP contribution in [0.25, 0.3) is 0 Å². The number of amides is 1. The summed E-state index contributed by atoms with van der Waals surface area (Å²) in [6.45, 7) is 2.00. The van der Waals surface area contributed by atoms with E-state index in [2.05, 4.69) is 5.32 Å². The molecule has 0 unspecified atom stereocenters. The topological polar surface area (TPSA) is 42.2 Å². The summed E-state index contributed by atoms with van der Waals surface area (Å²) in [7, 11) is 0. The van der Waals surface area contributed by atoms with Crippen LogP contribution in [0.15, 0.2) is 40.3 Å². The van der Waals surface area contributed by atoms with Crippen molar-refractivity contribution in [2.75, 3.05) is 0 Å². The largest absolute Gasteiger partial charge is 0.469 e. The van der Waals surface area contributed by atoms with Crippen molar-refractivity contribution in [3.63, 3.8) is 0 Å². The van der Waals surface area contributed by atoms with E-state index in [1.807, 2.05) is 36.6 Å². The summed E-state index contributed by atoms with van der Waals surface area (Å²) in [5, 5.41) is 4.99. The zero-order chi connectivity index (χ0) is 12.1. The van der Waals surface area contributed by atoms with Crippen LogP contribution in [0, 0.1) is 0 Å². The molecule has 0 fully saturated rings. The van der Waals surface area contributed by atoms with Crippen LogP contribution in [0.2, 0.25) is 0 Å². The first-order valence-electron chi connectivity index (χ1n) is 5.61. The van der Waals surface area contributed by atoms with Crippen LogP contribution in [0.5, 0.6) is 0 Å². The number of nitrogens with one attached hydrogen (secondary N) is 1. The standard InChI is InChI=1S/C13H15NO2S/c1-10(12-5-3-9-17-12)14-13(15)7-6-11-4-2-8-16-11/h2-5,8-10H,6-7H2,1H3,(H,14,15)/t10-/m1/s1. The Bertz CT molecular complexity index is 448. The van der Waals surface area contributed by atoms with Gasteiger partial charge in [0, 0.05) is 17.7 Å². The molecular weight excluding hydrogens is 234 g/mol. The van der Waals surface area contributed by atoms with Gasteiger partial charge in [0.15, 0.2) is 0 Å². The van der Waals surface area contributed by atoms with Crippen molar-refractivity contribution in [2.45, 2.75) is 25.8 Å². The highest BCUT2D eigenvalue weighted by molar-refractivity contribution is 7.10. The number of hydrogen-bond donors (Lipinski definition) is 1. The van der Waals surface area contributed by atoms with Gasteiger partial charge in [0.25, 0.3) is 0 Å². The summed E-state index contributed by atoms with van der Waals surface area (Å²) in [6, 6.07) is 7.82. The van der Waals surface area contributed by atoms with Gasteiger partial charge in [-0.3, -0.25) is 4.79 Å². The molecule has 0 spiro atoms. The van der Waals surface area contributed by atoms with Crippen molar-refractivity contribution >= 4 is 17.2 Å². The first-order chi connectivity index (χ1) is 8.25. The average Bonchev–Trinajstić information content (AvgIpc) is 2.99. The van der Waals surface area contributed by atoms with E-state index in [1.165, 1.54) is 4.88 Å². The molecule has 0 aliphatic rings. The molecule has 2 aromatic heterocycles. The molecular formula is C13H15NO2S. The van der Waals surface area contributed by atoms with Gasteiger partial charge >= 0.3 is 0 Å². The molecule has 0 aliphatic carbocycles. The van der Waals surface area contributed by atoms with Crippen molar-refractivity contribution in [1.29, 1.82) is 0 Å². The second kappa shape index (κ2) is 5.68. The van der Waals surface area contributed by atoms with Gasteiger partial charge in [0.1, 0.15) is 5.76 Å². The molecule has 2 rings (SSSR count). The number of furan rings is 1. The van der Waals surface area contributed by atoms with E-state index in [9.17, 15) is 4.79 Å². The predicted octanol–water partition coefficient (Wildman–Crippen LogP) is 3.15. The molecule has 2 heterocycles. The van der Waals surface area contributed by atoms with E-state index in [0.717, 1.165) is 5.76 Å². The summed E-state index contributed by atoms with van der Waals surface area (Å²) in [5.74, 6) is 0.909. The molecule has 17 heavy (non-hydrogen) atoms. The highest BCUT2D eigenvalue weighted by atomic mass is 32.1. The van der Waals surface area contributed by atoms with E-state index in [1.54, 1.807) is 17.6 Å². The Hall–Kier alpha value is -1.55. The van der Waals surface area contributed by atoms with E-state index in [0.29, 0.717) is 12.8 Å². The molecule has 1 N–H and O–H groups in total. The lowest BCUT2D eigenvalue weighted by Crippen LogP contribution is -2.26. The van der Waals surface area contributed by atoms with Gasteiger partial charge in [-0.2, -0.15) is 0 Å². The van der Waals surface area contributed by atoms with Gasteiger partial charge < -0.3 is 9.73 Å². The lowest BCUT2D eigenvalue weighted by atomic mass is 10.2. The zero-order valence-electron chi connectivity index (χ0n) is 9.68. The predicted molar refractivity (Wildman–Crippen MR) is 67.9 cm³/mol. The Morgan fingerprint density at radius 2 is 2.35 bits per heavy atom. The molecule has 4 heteroatoms. The normalized spacial score (nSPS) is 12.3. The summed E-state index contributed by atoms with van der Waals surface area (Å²) < 4.78 is 5.18. The van der Waals surface area contributed by atoms with Crippen molar-refractivity contribution in [3.05, 3.63) is 46.5 Å². The highest BCUT2D eigenvalue weighted by Crippen LogP contribution is 2.18. The van der Waals surface area contributed by atoms with Crippen molar-refractivity contribution in [3.8, 4) is 0 Å². The third-order valence-corrected chi connectivity index (χ3v) is 3.58. The Labute approximate surface area is 104 Å². The summed E-state index contributed by atoms with van der Waals surface area (Å²) in [5.41, 5.74) is 0. The highest BCUT2D eigenvalue weighted by Gasteiger charge is 2.10. The molecule has 90 valence electrons. The molecule has 3 nitrogen and oxygen atoms in total. The van der Waals surface area contributed by atoms with Crippen molar-refractivity contribution in [1.82, 2.24) is 5.32 Å². The molecule has 0 bridgehead atoms. The number of aryl methyl sites for hydroxylation is 1. The van der Waals surface area contributed by atoms with Gasteiger partial charge in [-0.1, -0.05) is 6.07 Å². The van der Waals surface area contributed by atoms with Crippen LogP contribution in [-0.2, 0) is 11.2 Å². The van der Waals surface area contributed by atoms with Crippen LogP contribution in [0.1, 0.15) is 30.0 Å². The molecule has 0 saturated carbocycles. The lowest BCUT2D eigenvalue weighted by molar-refractivity contribution is -0.121. The van der Waals surface area contributed by atoms with Crippen LogP contribution in [0.3, 0.4) is 0 Å². The minimum Gasteiger partial charge on any atom is -0.469 e. The molecule has 1 amide bonds. The van der Waals surface area contributed by atoms with E-state index >= 15 is 0 Å². The van der Waals surface area contributed by atoms with E-state index in [4.69, 9.17) is 4.42 Å². The van der Waals surface area contributed by atoms with Gasteiger partial charge in [0.2, 0.25) is 5.91 Å². The fraction of sp³-hybridized carbons (Fsp3) is 0.308. The second-order valence-electron chi connectivity index (χ2n) is 3.88. The van der Waals surface area contributed by atoms with Crippen LogP contribution in [0.4, 0.5) is 0 Å². The first kappa shape index (κ1) is 11.9. The smallest absolute Gasteiger partial charge is 0.220 e. The van der Waals surface area contributed by atoms with Gasteiger partial charge in [-0.25, -0.2) is 0 Å². The monoisotopic (exact) mass is 249 g/mol. The van der Waals surface area contributed by atoms with Crippen LogP contribution >= 0.6 is 11.3 Å². The summed E-state index contributed by atoms with van der Waals surface area (Å²) >= 11 is 1.66. The van der Waals surface area contributed by atoms with Crippen LogP contribution < -0.4 is 5.32 Å². The fourth-order valence-electron chi connectivity index (χ4n) is 1.61. The quantitative estimate of drug-likeness (QED) is 0.884. The molecule has 0 aliphatic heterocycles. The van der Waals surface area contributed by atoms with E-state index in [-0.39, 0.29) is 11.9 Å². The molecule has 2 aromatic rings.